The van der Waals surface area contributed by atoms with Gasteiger partial charge in [0.2, 0.25) is 0 Å². The van der Waals surface area contributed by atoms with Gasteiger partial charge in [-0.05, 0) is 92.3 Å². The van der Waals surface area contributed by atoms with Gasteiger partial charge >= 0.3 is 0 Å². The van der Waals surface area contributed by atoms with E-state index < -0.39 is 12.3 Å². The lowest BCUT2D eigenvalue weighted by molar-refractivity contribution is -0.155. The number of aliphatic hydroxyl groups is 1. The van der Waals surface area contributed by atoms with Gasteiger partial charge in [0.15, 0.2) is 5.78 Å². The number of carbonyl (C=O) groups is 1. The van der Waals surface area contributed by atoms with Gasteiger partial charge in [-0.2, -0.15) is 10.2 Å². The Balaban J connectivity index is 1.52. The molecule has 0 aliphatic heterocycles. The van der Waals surface area contributed by atoms with E-state index >= 15 is 0 Å². The summed E-state index contributed by atoms with van der Waals surface area (Å²) in [5, 5.41) is 19.3. The van der Waals surface area contributed by atoms with Crippen molar-refractivity contribution in [1.82, 2.24) is 5.01 Å². The third kappa shape index (κ3) is 3.61. The van der Waals surface area contributed by atoms with Crippen LogP contribution in [0.15, 0.2) is 10.2 Å². The fourth-order valence-corrected chi connectivity index (χ4v) is 8.66. The van der Waals surface area contributed by atoms with Crippen LogP contribution in [-0.4, -0.2) is 47.8 Å². The number of Topliss-reactive ketones (excluding diaryl/α,β-unsaturated/α-hetero) is 1. The normalized spacial score (nSPS) is 46.8. The number of rotatable bonds is 6. The number of nitrogens with two attached hydrogens (primary N) is 1. The van der Waals surface area contributed by atoms with Crippen LogP contribution in [0.5, 0.6) is 0 Å². The van der Waals surface area contributed by atoms with Crippen LogP contribution in [0, 0.1) is 40.4 Å². The Morgan fingerprint density at radius 2 is 1.94 bits per heavy atom. The summed E-state index contributed by atoms with van der Waals surface area (Å²) in [7, 11) is 0. The third-order valence-electron chi connectivity index (χ3n) is 10.1. The van der Waals surface area contributed by atoms with Gasteiger partial charge in [-0.15, -0.1) is 0 Å². The highest BCUT2D eigenvalue weighted by molar-refractivity contribution is 5.85. The van der Waals surface area contributed by atoms with Crippen LogP contribution in [-0.2, 0) is 4.79 Å². The minimum absolute atomic E-state index is 0.0101. The average Bonchev–Trinajstić information content (AvgIpc) is 3.11. The molecule has 3 N–H and O–H groups in total. The Kier molecular flexibility index (Phi) is 5.95. The monoisotopic (exact) mass is 434 g/mol. The molecule has 31 heavy (non-hydrogen) atoms. The van der Waals surface area contributed by atoms with E-state index in [0.717, 1.165) is 44.9 Å². The highest BCUT2D eigenvalue weighted by Crippen LogP contribution is 2.69. The van der Waals surface area contributed by atoms with Gasteiger partial charge < -0.3 is 10.9 Å². The largest absolute Gasteiger partial charge is 0.387 e. The fraction of sp³-hybridized carbons (Fsp3) is 0.875. The highest BCUT2D eigenvalue weighted by Gasteiger charge is 2.63. The summed E-state index contributed by atoms with van der Waals surface area (Å²) < 4.78 is 13.4. The lowest BCUT2D eigenvalue weighted by Gasteiger charge is -2.62. The second kappa shape index (κ2) is 8.13. The lowest BCUT2D eigenvalue weighted by atomic mass is 9.43. The summed E-state index contributed by atoms with van der Waals surface area (Å²) in [5.74, 6) is 7.66. The van der Waals surface area contributed by atoms with Crippen molar-refractivity contribution in [3.8, 4) is 0 Å². The summed E-state index contributed by atoms with van der Waals surface area (Å²) in [6.07, 6.45) is 9.93. The number of carbonyl (C=O) groups excluding carboxylic acids is 1. The topological polar surface area (TPSA) is 91.3 Å². The molecule has 0 aromatic heterocycles. The second-order valence-electron chi connectivity index (χ2n) is 11.4. The van der Waals surface area contributed by atoms with E-state index in [-0.39, 0.29) is 29.1 Å². The summed E-state index contributed by atoms with van der Waals surface area (Å²) in [6, 6.07) is 0. The van der Waals surface area contributed by atoms with Gasteiger partial charge in [-0.1, -0.05) is 13.8 Å². The van der Waals surface area contributed by atoms with Crippen molar-refractivity contribution in [3.05, 3.63) is 0 Å². The maximum Gasteiger partial charge on any atom is 0.157 e. The Hall–Kier alpha value is -1.50. The molecular formula is C24H39FN4O2. The van der Waals surface area contributed by atoms with Gasteiger partial charge in [0.1, 0.15) is 19.6 Å². The van der Waals surface area contributed by atoms with Gasteiger partial charge in [0.05, 0.1) is 5.60 Å². The van der Waals surface area contributed by atoms with E-state index in [2.05, 4.69) is 30.8 Å². The molecule has 174 valence electrons. The average molecular weight is 435 g/mol. The van der Waals surface area contributed by atoms with Crippen LogP contribution in [0.2, 0.25) is 0 Å². The van der Waals surface area contributed by atoms with Crippen LogP contribution in [0.25, 0.3) is 0 Å². The molecular weight excluding hydrogens is 395 g/mol. The Labute approximate surface area is 185 Å². The fourth-order valence-electron chi connectivity index (χ4n) is 8.66. The summed E-state index contributed by atoms with van der Waals surface area (Å²) in [5.41, 5.74) is -0.861. The van der Waals surface area contributed by atoms with E-state index in [0.29, 0.717) is 36.5 Å². The van der Waals surface area contributed by atoms with Crippen LogP contribution in [0.4, 0.5) is 4.39 Å². The molecule has 0 aromatic rings. The smallest absolute Gasteiger partial charge is 0.157 e. The summed E-state index contributed by atoms with van der Waals surface area (Å²) in [4.78, 5) is 13.3. The first-order valence-electron chi connectivity index (χ1n) is 12.0. The number of halogens is 1. The number of fused-ring (bicyclic) bond motifs is 5. The predicted octanol–water partition coefficient (Wildman–Crippen LogP) is 3.73. The standard InChI is InChI=1S/C24H39FN4O2/c1-22-9-6-16-12-24(31,14-25)11-7-17(16)18(22)8-10-23(2)19(4-5-21(22)23)20(30)13-29(27-3)15-28-26/h15-19,21,31H,3-14,26H2,1-2H3/b28-15-/t16?,17-,18+,19+,21-,22+,23?,24+/m0/s1. The molecule has 0 spiro atoms. The maximum atomic E-state index is 13.4. The Morgan fingerprint density at radius 1 is 1.19 bits per heavy atom. The van der Waals surface area contributed by atoms with Crippen molar-refractivity contribution in [2.45, 2.75) is 77.2 Å². The zero-order chi connectivity index (χ0) is 22.4. The molecule has 4 saturated carbocycles. The van der Waals surface area contributed by atoms with Crippen LogP contribution in [0.1, 0.15) is 71.6 Å². The van der Waals surface area contributed by atoms with Crippen molar-refractivity contribution in [1.29, 1.82) is 0 Å². The number of hydrogen-bond acceptors (Lipinski definition) is 5. The summed E-state index contributed by atoms with van der Waals surface area (Å²) >= 11 is 0. The van der Waals surface area contributed by atoms with Crippen molar-refractivity contribution < 1.29 is 14.3 Å². The molecule has 4 aliphatic rings. The van der Waals surface area contributed by atoms with Gasteiger partial charge in [0, 0.05) is 12.6 Å². The second-order valence-corrected chi connectivity index (χ2v) is 11.4. The van der Waals surface area contributed by atoms with Gasteiger partial charge in [-0.3, -0.25) is 4.79 Å². The van der Waals surface area contributed by atoms with Crippen LogP contribution in [0.3, 0.4) is 0 Å². The van der Waals surface area contributed by atoms with E-state index in [9.17, 15) is 14.3 Å². The highest BCUT2D eigenvalue weighted by atomic mass is 19.1. The minimum atomic E-state index is -1.10. The van der Waals surface area contributed by atoms with Crippen molar-refractivity contribution in [2.24, 2.45) is 56.5 Å². The molecule has 0 saturated heterocycles. The van der Waals surface area contributed by atoms with Crippen molar-refractivity contribution in [3.63, 3.8) is 0 Å². The van der Waals surface area contributed by atoms with Crippen molar-refractivity contribution in [2.75, 3.05) is 13.2 Å². The first-order chi connectivity index (χ1) is 14.7. The van der Waals surface area contributed by atoms with Crippen LogP contribution >= 0.6 is 0 Å². The molecule has 7 heteroatoms. The summed E-state index contributed by atoms with van der Waals surface area (Å²) in [6.45, 7) is 7.88. The molecule has 4 fully saturated rings. The number of hydrazone groups is 2. The molecule has 0 aromatic carbocycles. The molecule has 0 bridgehead atoms. The number of alkyl halides is 1. The minimum Gasteiger partial charge on any atom is -0.387 e. The number of hydrogen-bond donors (Lipinski definition) is 2. The molecule has 0 radical (unpaired) electrons. The predicted molar refractivity (Wildman–Crippen MR) is 120 cm³/mol. The quantitative estimate of drug-likeness (QED) is 0.288. The Bertz CT molecular complexity index is 747. The zero-order valence-corrected chi connectivity index (χ0v) is 19.1. The molecule has 8 atom stereocenters. The van der Waals surface area contributed by atoms with Crippen LogP contribution < -0.4 is 5.84 Å². The van der Waals surface area contributed by atoms with Gasteiger partial charge in [-0.25, -0.2) is 9.40 Å². The van der Waals surface area contributed by atoms with E-state index in [1.807, 2.05) is 0 Å². The van der Waals surface area contributed by atoms with E-state index in [1.54, 1.807) is 0 Å². The van der Waals surface area contributed by atoms with E-state index in [4.69, 9.17) is 5.84 Å². The van der Waals surface area contributed by atoms with E-state index in [1.165, 1.54) is 11.3 Å². The van der Waals surface area contributed by atoms with Crippen molar-refractivity contribution >= 4 is 18.8 Å². The lowest BCUT2D eigenvalue weighted by Crippen LogP contribution is -2.56. The molecule has 4 rings (SSSR count). The SMILES string of the molecule is C=NN(/C=N\N)CC(=O)[C@H]1CC[C@@H]2C1(C)CC[C@@H]1[C@H]3CC[C@](O)(CF)CC3CC[C@]12C. The molecule has 2 unspecified atom stereocenters. The first kappa shape index (κ1) is 22.7. The maximum absolute atomic E-state index is 13.4. The molecule has 6 nitrogen and oxygen atoms in total. The number of nitrogens with zero attached hydrogens (tertiary/aromatic N) is 3. The molecule has 0 heterocycles. The first-order valence-corrected chi connectivity index (χ1v) is 12.0. The number of ketones is 1. The third-order valence-corrected chi connectivity index (χ3v) is 10.1. The molecule has 0 amide bonds. The molecule has 4 aliphatic carbocycles. The van der Waals surface area contributed by atoms with Gasteiger partial charge in [0.25, 0.3) is 0 Å². The Morgan fingerprint density at radius 3 is 2.61 bits per heavy atom. The zero-order valence-electron chi connectivity index (χ0n) is 19.1.